The third-order valence-electron chi connectivity index (χ3n) is 7.20. The average Bonchev–Trinajstić information content (AvgIpc) is 3.65. The summed E-state index contributed by atoms with van der Waals surface area (Å²) in [4.78, 5) is 16.7. The standard InChI is InChI=1S/C30H27N5O/c1-19-14-29(36)33-34-30(19)23-12-13-27-26(16-23)32-28(15-20-6-7-20)35(27)18-21-8-10-22(11-9-21)25-5-3-2-4-24(25)17-31/h2-5,8-13,16,19-20H,6-7,14-15,18H2,1H3,(H,33,36). The Balaban J connectivity index is 1.33. The number of amides is 1. The van der Waals surface area contributed by atoms with Crippen molar-refractivity contribution in [3.05, 3.63) is 89.2 Å². The van der Waals surface area contributed by atoms with Gasteiger partial charge in [-0.25, -0.2) is 10.4 Å². The Hall–Kier alpha value is -4.24. The van der Waals surface area contributed by atoms with Crippen molar-refractivity contribution >= 4 is 22.7 Å². The predicted molar refractivity (Wildman–Crippen MR) is 140 cm³/mol. The van der Waals surface area contributed by atoms with Crippen LogP contribution < -0.4 is 5.43 Å². The minimum Gasteiger partial charge on any atom is -0.323 e. The van der Waals surface area contributed by atoms with Gasteiger partial charge in [-0.3, -0.25) is 4.79 Å². The number of imidazole rings is 1. The van der Waals surface area contributed by atoms with Gasteiger partial charge < -0.3 is 4.57 Å². The quantitative estimate of drug-likeness (QED) is 0.405. The number of hydrogen-bond donors (Lipinski definition) is 1. The average molecular weight is 474 g/mol. The molecule has 3 aromatic carbocycles. The number of hydrogen-bond acceptors (Lipinski definition) is 4. The van der Waals surface area contributed by atoms with E-state index < -0.39 is 0 Å². The number of carbonyl (C=O) groups excluding carboxylic acids is 1. The van der Waals surface area contributed by atoms with Crippen molar-refractivity contribution in [1.82, 2.24) is 15.0 Å². The third kappa shape index (κ3) is 4.29. The zero-order valence-corrected chi connectivity index (χ0v) is 20.2. The highest BCUT2D eigenvalue weighted by molar-refractivity contribution is 6.07. The van der Waals surface area contributed by atoms with E-state index in [2.05, 4.69) is 63.6 Å². The summed E-state index contributed by atoms with van der Waals surface area (Å²) in [5.41, 5.74) is 10.5. The van der Waals surface area contributed by atoms with Gasteiger partial charge in [-0.15, -0.1) is 0 Å². The van der Waals surface area contributed by atoms with Gasteiger partial charge in [-0.05, 0) is 53.6 Å². The Labute approximate surface area is 210 Å². The highest BCUT2D eigenvalue weighted by Gasteiger charge is 2.26. The fourth-order valence-corrected chi connectivity index (χ4v) is 5.06. The molecule has 1 saturated carbocycles. The normalized spacial score (nSPS) is 17.5. The fourth-order valence-electron chi connectivity index (χ4n) is 5.06. The van der Waals surface area contributed by atoms with Crippen LogP contribution in [-0.2, 0) is 17.8 Å². The molecule has 0 bridgehead atoms. The maximum atomic E-state index is 11.7. The Morgan fingerprint density at radius 2 is 1.83 bits per heavy atom. The van der Waals surface area contributed by atoms with E-state index in [1.54, 1.807) is 0 Å². The van der Waals surface area contributed by atoms with E-state index in [1.165, 1.54) is 18.4 Å². The Kier molecular flexibility index (Phi) is 5.61. The van der Waals surface area contributed by atoms with Crippen LogP contribution in [0.25, 0.3) is 22.2 Å². The summed E-state index contributed by atoms with van der Waals surface area (Å²) < 4.78 is 2.34. The largest absolute Gasteiger partial charge is 0.323 e. The lowest BCUT2D eigenvalue weighted by molar-refractivity contribution is -0.121. The maximum absolute atomic E-state index is 11.7. The smallest absolute Gasteiger partial charge is 0.240 e. The van der Waals surface area contributed by atoms with Crippen LogP contribution in [0.5, 0.6) is 0 Å². The molecule has 1 amide bonds. The lowest BCUT2D eigenvalue weighted by atomic mass is 9.94. The Bertz CT molecular complexity index is 1540. The molecule has 1 unspecified atom stereocenters. The van der Waals surface area contributed by atoms with Crippen LogP contribution in [-0.4, -0.2) is 21.2 Å². The minimum atomic E-state index is -0.0366. The number of carbonyl (C=O) groups is 1. The van der Waals surface area contributed by atoms with Gasteiger partial charge in [0, 0.05) is 30.9 Å². The molecule has 178 valence electrons. The highest BCUT2D eigenvalue weighted by atomic mass is 16.2. The minimum absolute atomic E-state index is 0.0366. The summed E-state index contributed by atoms with van der Waals surface area (Å²) in [7, 11) is 0. The summed E-state index contributed by atoms with van der Waals surface area (Å²) in [5, 5.41) is 13.8. The zero-order valence-electron chi connectivity index (χ0n) is 20.2. The molecule has 0 radical (unpaired) electrons. The van der Waals surface area contributed by atoms with Crippen LogP contribution >= 0.6 is 0 Å². The van der Waals surface area contributed by atoms with Crippen LogP contribution in [0.1, 0.15) is 48.7 Å². The van der Waals surface area contributed by atoms with Gasteiger partial charge in [0.15, 0.2) is 0 Å². The number of aromatic nitrogens is 2. The van der Waals surface area contributed by atoms with Gasteiger partial charge in [0.1, 0.15) is 5.82 Å². The number of rotatable bonds is 6. The Morgan fingerprint density at radius 1 is 1.06 bits per heavy atom. The molecule has 4 aromatic rings. The monoisotopic (exact) mass is 473 g/mol. The van der Waals surface area contributed by atoms with Gasteiger partial charge in [-0.2, -0.15) is 10.4 Å². The van der Waals surface area contributed by atoms with Crippen LogP contribution in [0.3, 0.4) is 0 Å². The first-order valence-electron chi connectivity index (χ1n) is 12.5. The molecule has 1 aromatic heterocycles. The van der Waals surface area contributed by atoms with Gasteiger partial charge in [0.2, 0.25) is 5.91 Å². The first-order chi connectivity index (χ1) is 17.6. The Morgan fingerprint density at radius 3 is 2.58 bits per heavy atom. The zero-order chi connectivity index (χ0) is 24.6. The second-order valence-corrected chi connectivity index (χ2v) is 9.96. The molecule has 1 aliphatic heterocycles. The van der Waals surface area contributed by atoms with Crippen molar-refractivity contribution in [2.24, 2.45) is 16.9 Å². The summed E-state index contributed by atoms with van der Waals surface area (Å²) in [5.74, 6) is 1.89. The van der Waals surface area contributed by atoms with E-state index in [1.807, 2.05) is 31.2 Å². The number of nitrogens with zero attached hydrogens (tertiary/aromatic N) is 4. The van der Waals surface area contributed by atoms with Crippen LogP contribution in [0.15, 0.2) is 71.8 Å². The lowest BCUT2D eigenvalue weighted by Gasteiger charge is -2.19. The van der Waals surface area contributed by atoms with Gasteiger partial charge in [-0.1, -0.05) is 55.5 Å². The first kappa shape index (κ1) is 22.2. The molecule has 1 aliphatic carbocycles. The molecular weight excluding hydrogens is 446 g/mol. The molecule has 6 heteroatoms. The summed E-state index contributed by atoms with van der Waals surface area (Å²) in [6.07, 6.45) is 3.99. The second-order valence-electron chi connectivity index (χ2n) is 9.96. The van der Waals surface area contributed by atoms with E-state index in [9.17, 15) is 10.1 Å². The number of nitrogens with one attached hydrogen (secondary N) is 1. The molecule has 2 heterocycles. The van der Waals surface area contributed by atoms with Crippen molar-refractivity contribution in [1.29, 1.82) is 5.26 Å². The molecule has 1 atom stereocenters. The van der Waals surface area contributed by atoms with Gasteiger partial charge in [0.25, 0.3) is 0 Å². The summed E-state index contributed by atoms with van der Waals surface area (Å²) >= 11 is 0. The molecule has 1 fully saturated rings. The van der Waals surface area contributed by atoms with Crippen LogP contribution in [0, 0.1) is 23.2 Å². The fraction of sp³-hybridized carbons (Fsp3) is 0.267. The van der Waals surface area contributed by atoms with Gasteiger partial charge >= 0.3 is 0 Å². The van der Waals surface area contributed by atoms with E-state index in [0.717, 1.165) is 58.1 Å². The topological polar surface area (TPSA) is 83.1 Å². The van der Waals surface area contributed by atoms with Crippen molar-refractivity contribution in [2.75, 3.05) is 0 Å². The highest BCUT2D eigenvalue weighted by Crippen LogP contribution is 2.34. The summed E-state index contributed by atoms with van der Waals surface area (Å²) in [6.45, 7) is 2.78. The molecule has 1 N–H and O–H groups in total. The molecular formula is C30H27N5O. The third-order valence-corrected chi connectivity index (χ3v) is 7.20. The predicted octanol–water partition coefficient (Wildman–Crippen LogP) is 5.44. The number of benzene rings is 3. The van der Waals surface area contributed by atoms with E-state index >= 15 is 0 Å². The van der Waals surface area contributed by atoms with Crippen LogP contribution in [0.4, 0.5) is 0 Å². The number of fused-ring (bicyclic) bond motifs is 1. The van der Waals surface area contributed by atoms with Crippen LogP contribution in [0.2, 0.25) is 0 Å². The van der Waals surface area contributed by atoms with E-state index in [4.69, 9.17) is 4.98 Å². The lowest BCUT2D eigenvalue weighted by Crippen LogP contribution is -2.31. The molecule has 0 saturated heterocycles. The van der Waals surface area contributed by atoms with Crippen molar-refractivity contribution in [2.45, 2.75) is 39.2 Å². The molecule has 6 rings (SSSR count). The SMILES string of the molecule is CC1CC(=O)NN=C1c1ccc2c(c1)nc(CC1CC1)n2Cc1ccc(-c2ccccc2C#N)cc1. The van der Waals surface area contributed by atoms with E-state index in [-0.39, 0.29) is 11.8 Å². The number of nitriles is 1. The maximum Gasteiger partial charge on any atom is 0.240 e. The first-order valence-corrected chi connectivity index (χ1v) is 12.5. The number of hydrazone groups is 1. The summed E-state index contributed by atoms with van der Waals surface area (Å²) in [6, 6.07) is 24.8. The van der Waals surface area contributed by atoms with Gasteiger partial charge in [0.05, 0.1) is 28.4 Å². The molecule has 2 aliphatic rings. The van der Waals surface area contributed by atoms with Crippen molar-refractivity contribution in [3.8, 4) is 17.2 Å². The van der Waals surface area contributed by atoms with Crippen molar-refractivity contribution < 1.29 is 4.79 Å². The van der Waals surface area contributed by atoms with Crippen molar-refractivity contribution in [3.63, 3.8) is 0 Å². The second kappa shape index (κ2) is 9.09. The molecule has 36 heavy (non-hydrogen) atoms. The molecule has 6 nitrogen and oxygen atoms in total. The molecule has 0 spiro atoms. The van der Waals surface area contributed by atoms with E-state index in [0.29, 0.717) is 12.0 Å².